The van der Waals surface area contributed by atoms with Gasteiger partial charge in [0.1, 0.15) is 0 Å². The van der Waals surface area contributed by atoms with Gasteiger partial charge in [0, 0.05) is 26.0 Å². The summed E-state index contributed by atoms with van der Waals surface area (Å²) in [5.41, 5.74) is 0.739. The van der Waals surface area contributed by atoms with E-state index in [0.29, 0.717) is 5.92 Å². The van der Waals surface area contributed by atoms with E-state index in [1.54, 1.807) is 17.3 Å². The van der Waals surface area contributed by atoms with Crippen molar-refractivity contribution < 1.29 is 4.79 Å². The number of nitrogens with one attached hydrogen (secondary N) is 2. The van der Waals surface area contributed by atoms with Gasteiger partial charge in [0.2, 0.25) is 0 Å². The average Bonchev–Trinajstić information content (AvgIpc) is 2.88. The van der Waals surface area contributed by atoms with Crippen LogP contribution < -0.4 is 5.32 Å². The van der Waals surface area contributed by atoms with Gasteiger partial charge < -0.3 is 15.2 Å². The molecule has 2 heterocycles. The zero-order valence-electron chi connectivity index (χ0n) is 8.99. The first kappa shape index (κ1) is 10.2. The van der Waals surface area contributed by atoms with Crippen molar-refractivity contribution in [1.82, 2.24) is 15.2 Å². The molecule has 0 spiro atoms. The van der Waals surface area contributed by atoms with Gasteiger partial charge >= 0.3 is 0 Å². The van der Waals surface area contributed by atoms with Gasteiger partial charge in [-0.1, -0.05) is 0 Å². The number of amides is 1. The van der Waals surface area contributed by atoms with E-state index >= 15 is 0 Å². The summed E-state index contributed by atoms with van der Waals surface area (Å²) < 4.78 is 0. The van der Waals surface area contributed by atoms with Crippen molar-refractivity contribution in [3.05, 3.63) is 24.0 Å². The van der Waals surface area contributed by atoms with E-state index in [4.69, 9.17) is 0 Å². The van der Waals surface area contributed by atoms with Crippen LogP contribution in [-0.2, 0) is 0 Å². The molecular weight excluding hydrogens is 190 g/mol. The Balaban J connectivity index is 1.90. The van der Waals surface area contributed by atoms with Gasteiger partial charge in [-0.3, -0.25) is 4.79 Å². The van der Waals surface area contributed by atoms with Gasteiger partial charge in [-0.15, -0.1) is 0 Å². The highest BCUT2D eigenvalue weighted by atomic mass is 16.2. The zero-order chi connectivity index (χ0) is 10.7. The summed E-state index contributed by atoms with van der Waals surface area (Å²) in [6.45, 7) is 2.96. The Hall–Kier alpha value is -1.29. The highest BCUT2D eigenvalue weighted by Gasteiger charge is 2.19. The van der Waals surface area contributed by atoms with Gasteiger partial charge in [0.05, 0.1) is 5.56 Å². The van der Waals surface area contributed by atoms with Crippen molar-refractivity contribution in [3.63, 3.8) is 0 Å². The van der Waals surface area contributed by atoms with Gasteiger partial charge in [-0.05, 0) is 31.5 Å². The number of carbonyl (C=O) groups is 1. The molecule has 4 nitrogen and oxygen atoms in total. The number of hydrogen-bond donors (Lipinski definition) is 2. The quantitative estimate of drug-likeness (QED) is 0.766. The monoisotopic (exact) mass is 207 g/mol. The molecule has 15 heavy (non-hydrogen) atoms. The minimum Gasteiger partial charge on any atom is -0.367 e. The van der Waals surface area contributed by atoms with E-state index < -0.39 is 0 Å². The fourth-order valence-electron chi connectivity index (χ4n) is 2.02. The van der Waals surface area contributed by atoms with E-state index in [9.17, 15) is 4.79 Å². The second-order valence-corrected chi connectivity index (χ2v) is 4.14. The number of carbonyl (C=O) groups excluding carboxylic acids is 1. The van der Waals surface area contributed by atoms with Crippen LogP contribution >= 0.6 is 0 Å². The molecule has 1 aromatic heterocycles. The van der Waals surface area contributed by atoms with Crippen LogP contribution in [-0.4, -0.2) is 42.5 Å². The predicted octanol–water partition coefficient (Wildman–Crippen LogP) is 0.696. The Bertz CT molecular complexity index is 315. The standard InChI is InChI=1S/C11H17N3O/c1-14(8-9-2-4-12-6-9)11(15)10-3-5-13-7-10/h3,5,7,9,12-13H,2,4,6,8H2,1H3. The Morgan fingerprint density at radius 3 is 3.13 bits per heavy atom. The third-order valence-electron chi connectivity index (χ3n) is 2.89. The number of aromatic amines is 1. The van der Waals surface area contributed by atoms with E-state index in [1.165, 1.54) is 6.42 Å². The first-order valence-electron chi connectivity index (χ1n) is 5.36. The minimum absolute atomic E-state index is 0.100. The molecule has 2 rings (SSSR count). The molecule has 82 valence electrons. The molecule has 1 aromatic rings. The molecule has 1 aliphatic rings. The summed E-state index contributed by atoms with van der Waals surface area (Å²) in [6, 6.07) is 1.81. The lowest BCUT2D eigenvalue weighted by molar-refractivity contribution is 0.0776. The summed E-state index contributed by atoms with van der Waals surface area (Å²) in [4.78, 5) is 16.6. The molecule has 0 saturated carbocycles. The highest BCUT2D eigenvalue weighted by Crippen LogP contribution is 2.10. The lowest BCUT2D eigenvalue weighted by Crippen LogP contribution is -2.32. The van der Waals surface area contributed by atoms with Gasteiger partial charge in [-0.2, -0.15) is 0 Å². The van der Waals surface area contributed by atoms with Gasteiger partial charge in [-0.25, -0.2) is 0 Å². The van der Waals surface area contributed by atoms with Crippen LogP contribution in [0.2, 0.25) is 0 Å². The second kappa shape index (κ2) is 4.49. The van der Waals surface area contributed by atoms with Crippen LogP contribution in [0.25, 0.3) is 0 Å². The number of aromatic nitrogens is 1. The maximum absolute atomic E-state index is 11.9. The molecular formula is C11H17N3O. The number of hydrogen-bond acceptors (Lipinski definition) is 2. The van der Waals surface area contributed by atoms with Crippen molar-refractivity contribution in [2.45, 2.75) is 6.42 Å². The summed E-state index contributed by atoms with van der Waals surface area (Å²) in [5, 5.41) is 3.31. The first-order valence-corrected chi connectivity index (χ1v) is 5.36. The topological polar surface area (TPSA) is 48.1 Å². The Morgan fingerprint density at radius 1 is 1.67 bits per heavy atom. The van der Waals surface area contributed by atoms with Crippen LogP contribution in [0.1, 0.15) is 16.8 Å². The molecule has 1 unspecified atom stereocenters. The fraction of sp³-hybridized carbons (Fsp3) is 0.545. The predicted molar refractivity (Wildman–Crippen MR) is 58.7 cm³/mol. The molecule has 1 amide bonds. The molecule has 0 bridgehead atoms. The molecule has 0 aliphatic carbocycles. The van der Waals surface area contributed by atoms with Crippen molar-refractivity contribution >= 4 is 5.91 Å². The molecule has 2 N–H and O–H groups in total. The average molecular weight is 207 g/mol. The first-order chi connectivity index (χ1) is 7.27. The van der Waals surface area contributed by atoms with Crippen molar-refractivity contribution in [2.24, 2.45) is 5.92 Å². The SMILES string of the molecule is CN(CC1CCNC1)C(=O)c1cc[nH]c1. The number of H-pyrrole nitrogens is 1. The van der Waals surface area contributed by atoms with Crippen LogP contribution in [0, 0.1) is 5.92 Å². The Kier molecular flexibility index (Phi) is 3.06. The molecule has 1 saturated heterocycles. The minimum atomic E-state index is 0.100. The van der Waals surface area contributed by atoms with Gasteiger partial charge in [0.15, 0.2) is 0 Å². The maximum atomic E-state index is 11.9. The van der Waals surface area contributed by atoms with E-state index in [0.717, 1.165) is 25.2 Å². The molecule has 1 atom stereocenters. The largest absolute Gasteiger partial charge is 0.367 e. The third-order valence-corrected chi connectivity index (χ3v) is 2.89. The lowest BCUT2D eigenvalue weighted by atomic mass is 10.1. The molecule has 1 aliphatic heterocycles. The zero-order valence-corrected chi connectivity index (χ0v) is 8.99. The summed E-state index contributed by atoms with van der Waals surface area (Å²) >= 11 is 0. The van der Waals surface area contributed by atoms with Crippen molar-refractivity contribution in [1.29, 1.82) is 0 Å². The van der Waals surface area contributed by atoms with Crippen molar-refractivity contribution in [3.8, 4) is 0 Å². The van der Waals surface area contributed by atoms with Crippen LogP contribution in [0.4, 0.5) is 0 Å². The number of rotatable bonds is 3. The van der Waals surface area contributed by atoms with Crippen LogP contribution in [0.5, 0.6) is 0 Å². The Labute approximate surface area is 89.7 Å². The maximum Gasteiger partial charge on any atom is 0.255 e. The second-order valence-electron chi connectivity index (χ2n) is 4.14. The summed E-state index contributed by atoms with van der Waals surface area (Å²) in [5.74, 6) is 0.709. The smallest absolute Gasteiger partial charge is 0.255 e. The summed E-state index contributed by atoms with van der Waals surface area (Å²) in [7, 11) is 1.87. The van der Waals surface area contributed by atoms with Crippen LogP contribution in [0.15, 0.2) is 18.5 Å². The molecule has 1 fully saturated rings. The molecule has 0 aromatic carbocycles. The fourth-order valence-corrected chi connectivity index (χ4v) is 2.02. The van der Waals surface area contributed by atoms with E-state index in [2.05, 4.69) is 10.3 Å². The van der Waals surface area contributed by atoms with Crippen LogP contribution in [0.3, 0.4) is 0 Å². The third kappa shape index (κ3) is 2.39. The molecule has 0 radical (unpaired) electrons. The Morgan fingerprint density at radius 2 is 2.53 bits per heavy atom. The highest BCUT2D eigenvalue weighted by molar-refractivity contribution is 5.93. The van der Waals surface area contributed by atoms with E-state index in [1.807, 2.05) is 13.1 Å². The normalized spacial score (nSPS) is 20.5. The lowest BCUT2D eigenvalue weighted by Gasteiger charge is -2.20. The van der Waals surface area contributed by atoms with Gasteiger partial charge in [0.25, 0.3) is 5.91 Å². The number of nitrogens with zero attached hydrogens (tertiary/aromatic N) is 1. The van der Waals surface area contributed by atoms with Crippen molar-refractivity contribution in [2.75, 3.05) is 26.7 Å². The van der Waals surface area contributed by atoms with E-state index in [-0.39, 0.29) is 5.91 Å². The molecule has 4 heteroatoms. The summed E-state index contributed by atoms with van der Waals surface area (Å²) in [6.07, 6.45) is 4.69.